The summed E-state index contributed by atoms with van der Waals surface area (Å²) in [6, 6.07) is 0. The van der Waals surface area contributed by atoms with E-state index in [1.165, 1.54) is 45.6 Å². The zero-order valence-electron chi connectivity index (χ0n) is 12.2. The number of nitrogens with two attached hydrogens (primary N) is 1. The molecule has 1 saturated heterocycles. The summed E-state index contributed by atoms with van der Waals surface area (Å²) in [4.78, 5) is 5.12. The minimum absolute atomic E-state index is 0.352. The Morgan fingerprint density at radius 2 is 1.67 bits per heavy atom. The second kappa shape index (κ2) is 9.73. The molecule has 0 radical (unpaired) electrons. The number of nitrogens with zero attached hydrogens (tertiary/aromatic N) is 2. The monoisotopic (exact) mass is 257 g/mol. The summed E-state index contributed by atoms with van der Waals surface area (Å²) in [5.74, 6) is 0. The standard InChI is InChI=1S/C14H31N3O/c1-14(2)18-13-12-17-9-5-8-16(10-11-17)7-4-3-6-15/h14H,3-13,15H2,1-2H3. The highest BCUT2D eigenvalue weighted by atomic mass is 16.5. The van der Waals surface area contributed by atoms with Gasteiger partial charge in [-0.05, 0) is 59.3 Å². The maximum Gasteiger partial charge on any atom is 0.0596 e. The molecule has 0 saturated carbocycles. The van der Waals surface area contributed by atoms with Crippen molar-refractivity contribution in [2.24, 2.45) is 5.73 Å². The highest BCUT2D eigenvalue weighted by Gasteiger charge is 2.14. The predicted octanol–water partition coefficient (Wildman–Crippen LogP) is 1.16. The van der Waals surface area contributed by atoms with Gasteiger partial charge >= 0.3 is 0 Å². The largest absolute Gasteiger partial charge is 0.377 e. The van der Waals surface area contributed by atoms with Crippen molar-refractivity contribution in [3.63, 3.8) is 0 Å². The summed E-state index contributed by atoms with van der Waals surface area (Å²) < 4.78 is 5.62. The van der Waals surface area contributed by atoms with Gasteiger partial charge in [-0.1, -0.05) is 0 Å². The van der Waals surface area contributed by atoms with Gasteiger partial charge in [0, 0.05) is 19.6 Å². The van der Waals surface area contributed by atoms with E-state index in [1.807, 2.05) is 0 Å². The minimum Gasteiger partial charge on any atom is -0.377 e. The molecule has 1 fully saturated rings. The Hall–Kier alpha value is -0.160. The first-order valence-electron chi connectivity index (χ1n) is 7.48. The van der Waals surface area contributed by atoms with E-state index >= 15 is 0 Å². The van der Waals surface area contributed by atoms with Crippen LogP contribution in [0, 0.1) is 0 Å². The third-order valence-corrected chi connectivity index (χ3v) is 3.47. The summed E-state index contributed by atoms with van der Waals surface area (Å²) in [6.07, 6.45) is 4.03. The lowest BCUT2D eigenvalue weighted by molar-refractivity contribution is 0.0597. The molecule has 1 heterocycles. The van der Waals surface area contributed by atoms with E-state index in [2.05, 4.69) is 23.6 Å². The summed E-state index contributed by atoms with van der Waals surface area (Å²) in [5, 5.41) is 0. The van der Waals surface area contributed by atoms with Gasteiger partial charge < -0.3 is 15.4 Å². The van der Waals surface area contributed by atoms with Gasteiger partial charge in [-0.15, -0.1) is 0 Å². The van der Waals surface area contributed by atoms with Crippen molar-refractivity contribution in [2.45, 2.75) is 39.2 Å². The fourth-order valence-electron chi connectivity index (χ4n) is 2.37. The van der Waals surface area contributed by atoms with Crippen molar-refractivity contribution in [1.82, 2.24) is 9.80 Å². The van der Waals surface area contributed by atoms with Gasteiger partial charge in [0.25, 0.3) is 0 Å². The van der Waals surface area contributed by atoms with Crippen LogP contribution < -0.4 is 5.73 Å². The average Bonchev–Trinajstić information content (AvgIpc) is 2.55. The van der Waals surface area contributed by atoms with Crippen LogP contribution in [-0.2, 0) is 4.74 Å². The molecular formula is C14H31N3O. The third-order valence-electron chi connectivity index (χ3n) is 3.47. The van der Waals surface area contributed by atoms with Crippen molar-refractivity contribution >= 4 is 0 Å². The van der Waals surface area contributed by atoms with Crippen LogP contribution in [0.2, 0.25) is 0 Å². The zero-order chi connectivity index (χ0) is 13.2. The van der Waals surface area contributed by atoms with Gasteiger partial charge in [-0.25, -0.2) is 0 Å². The SMILES string of the molecule is CC(C)OCCN1CCCN(CCCCN)CC1. The Balaban J connectivity index is 2.11. The summed E-state index contributed by atoms with van der Waals surface area (Å²) in [6.45, 7) is 13.0. The van der Waals surface area contributed by atoms with Crippen LogP contribution in [0.15, 0.2) is 0 Å². The number of ether oxygens (including phenoxy) is 1. The lowest BCUT2D eigenvalue weighted by atomic mass is 10.3. The van der Waals surface area contributed by atoms with Crippen LogP contribution in [-0.4, -0.2) is 68.3 Å². The highest BCUT2D eigenvalue weighted by Crippen LogP contribution is 2.04. The molecule has 0 atom stereocenters. The number of rotatable bonds is 8. The van der Waals surface area contributed by atoms with Crippen LogP contribution in [0.1, 0.15) is 33.1 Å². The van der Waals surface area contributed by atoms with Gasteiger partial charge in [0.15, 0.2) is 0 Å². The van der Waals surface area contributed by atoms with Crippen LogP contribution in [0.4, 0.5) is 0 Å². The first kappa shape index (κ1) is 15.9. The molecule has 18 heavy (non-hydrogen) atoms. The molecule has 108 valence electrons. The van der Waals surface area contributed by atoms with Crippen molar-refractivity contribution in [3.8, 4) is 0 Å². The molecule has 1 aliphatic heterocycles. The fraction of sp³-hybridized carbons (Fsp3) is 1.00. The van der Waals surface area contributed by atoms with E-state index < -0.39 is 0 Å². The van der Waals surface area contributed by atoms with E-state index in [-0.39, 0.29) is 0 Å². The van der Waals surface area contributed by atoms with Crippen LogP contribution >= 0.6 is 0 Å². The summed E-state index contributed by atoms with van der Waals surface area (Å²) >= 11 is 0. The lowest BCUT2D eigenvalue weighted by Crippen LogP contribution is -2.33. The molecule has 4 nitrogen and oxygen atoms in total. The molecule has 0 aromatic carbocycles. The molecule has 0 spiro atoms. The average molecular weight is 257 g/mol. The van der Waals surface area contributed by atoms with E-state index in [0.717, 1.165) is 26.1 Å². The second-order valence-electron chi connectivity index (χ2n) is 5.45. The molecule has 0 aliphatic carbocycles. The Morgan fingerprint density at radius 1 is 1.00 bits per heavy atom. The van der Waals surface area contributed by atoms with E-state index in [4.69, 9.17) is 10.5 Å². The number of unbranched alkanes of at least 4 members (excludes halogenated alkanes) is 1. The molecule has 0 bridgehead atoms. The molecule has 0 amide bonds. The highest BCUT2D eigenvalue weighted by molar-refractivity contribution is 4.69. The van der Waals surface area contributed by atoms with Gasteiger partial charge in [0.2, 0.25) is 0 Å². The van der Waals surface area contributed by atoms with Crippen LogP contribution in [0.25, 0.3) is 0 Å². The van der Waals surface area contributed by atoms with E-state index in [1.54, 1.807) is 0 Å². The molecule has 1 rings (SSSR count). The molecule has 0 aromatic heterocycles. The summed E-state index contributed by atoms with van der Waals surface area (Å²) in [5.41, 5.74) is 5.54. The fourth-order valence-corrected chi connectivity index (χ4v) is 2.37. The molecule has 1 aliphatic rings. The van der Waals surface area contributed by atoms with Crippen molar-refractivity contribution in [3.05, 3.63) is 0 Å². The number of hydrogen-bond donors (Lipinski definition) is 1. The topological polar surface area (TPSA) is 41.7 Å². The number of hydrogen-bond acceptors (Lipinski definition) is 4. The Labute approximate surface area is 112 Å². The van der Waals surface area contributed by atoms with E-state index in [0.29, 0.717) is 6.10 Å². The lowest BCUT2D eigenvalue weighted by Gasteiger charge is -2.22. The predicted molar refractivity (Wildman–Crippen MR) is 76.9 cm³/mol. The normalized spacial score (nSPS) is 19.3. The van der Waals surface area contributed by atoms with Gasteiger partial charge in [-0.2, -0.15) is 0 Å². The molecular weight excluding hydrogens is 226 g/mol. The minimum atomic E-state index is 0.352. The Kier molecular flexibility index (Phi) is 8.59. The maximum atomic E-state index is 5.62. The van der Waals surface area contributed by atoms with Gasteiger partial charge in [0.1, 0.15) is 0 Å². The first-order valence-corrected chi connectivity index (χ1v) is 7.48. The Morgan fingerprint density at radius 3 is 2.28 bits per heavy atom. The molecule has 0 aromatic rings. The Bertz CT molecular complexity index is 199. The van der Waals surface area contributed by atoms with Crippen molar-refractivity contribution < 1.29 is 4.74 Å². The van der Waals surface area contributed by atoms with E-state index in [9.17, 15) is 0 Å². The molecule has 4 heteroatoms. The molecule has 0 unspecified atom stereocenters. The van der Waals surface area contributed by atoms with Crippen LogP contribution in [0.5, 0.6) is 0 Å². The van der Waals surface area contributed by atoms with Crippen molar-refractivity contribution in [1.29, 1.82) is 0 Å². The summed E-state index contributed by atoms with van der Waals surface area (Å²) in [7, 11) is 0. The van der Waals surface area contributed by atoms with Gasteiger partial charge in [-0.3, -0.25) is 4.90 Å². The maximum absolute atomic E-state index is 5.62. The molecule has 2 N–H and O–H groups in total. The smallest absolute Gasteiger partial charge is 0.0596 e. The second-order valence-corrected chi connectivity index (χ2v) is 5.45. The van der Waals surface area contributed by atoms with Crippen LogP contribution in [0.3, 0.4) is 0 Å². The van der Waals surface area contributed by atoms with Crippen molar-refractivity contribution in [2.75, 3.05) is 52.4 Å². The first-order chi connectivity index (χ1) is 8.72. The zero-order valence-corrected chi connectivity index (χ0v) is 12.2. The quantitative estimate of drug-likeness (QED) is 0.663. The van der Waals surface area contributed by atoms with Gasteiger partial charge in [0.05, 0.1) is 12.7 Å². The third kappa shape index (κ3) is 7.31.